The lowest BCUT2D eigenvalue weighted by Crippen LogP contribution is -2.27. The lowest BCUT2D eigenvalue weighted by atomic mass is 10.0. The van der Waals surface area contributed by atoms with Gasteiger partial charge >= 0.3 is 0 Å². The second kappa shape index (κ2) is 5.11. The summed E-state index contributed by atoms with van der Waals surface area (Å²) in [5.74, 6) is 2.61. The number of anilines is 1. The van der Waals surface area contributed by atoms with Gasteiger partial charge in [-0.05, 0) is 31.0 Å². The van der Waals surface area contributed by atoms with Crippen LogP contribution in [0.25, 0.3) is 11.3 Å². The van der Waals surface area contributed by atoms with E-state index >= 15 is 0 Å². The van der Waals surface area contributed by atoms with Crippen LogP contribution in [0.15, 0.2) is 42.5 Å². The third-order valence-corrected chi connectivity index (χ3v) is 4.71. The summed E-state index contributed by atoms with van der Waals surface area (Å²) >= 11 is 0. The fourth-order valence-corrected chi connectivity index (χ4v) is 3.67. The number of likely N-dealkylation sites (tertiary alicyclic amines) is 1. The molecule has 0 N–H and O–H groups in total. The first-order chi connectivity index (χ1) is 10.3. The van der Waals surface area contributed by atoms with E-state index in [4.69, 9.17) is 0 Å². The van der Waals surface area contributed by atoms with Crippen molar-refractivity contribution in [1.29, 1.82) is 0 Å². The minimum Gasteiger partial charge on any atom is -0.354 e. The molecule has 2 aromatic rings. The van der Waals surface area contributed by atoms with Crippen molar-refractivity contribution in [2.45, 2.75) is 0 Å². The van der Waals surface area contributed by atoms with Crippen LogP contribution in [0, 0.1) is 11.8 Å². The molecule has 1 aromatic carbocycles. The summed E-state index contributed by atoms with van der Waals surface area (Å²) in [4.78, 5) is 4.83. The molecular weight excluding hydrogens is 259 g/mol. The minimum absolute atomic E-state index is 0.797. The molecule has 2 saturated heterocycles. The Bertz CT molecular complexity index is 596. The van der Waals surface area contributed by atoms with Gasteiger partial charge in [0.05, 0.1) is 5.69 Å². The Hall–Kier alpha value is -1.94. The number of hydrogen-bond donors (Lipinski definition) is 0. The first-order valence-electron chi connectivity index (χ1n) is 7.62. The zero-order valence-electron chi connectivity index (χ0n) is 12.3. The van der Waals surface area contributed by atoms with E-state index < -0.39 is 0 Å². The number of rotatable bonds is 2. The summed E-state index contributed by atoms with van der Waals surface area (Å²) < 4.78 is 0. The molecule has 108 valence electrons. The Morgan fingerprint density at radius 1 is 0.857 bits per heavy atom. The molecule has 0 spiro atoms. The molecule has 0 bridgehead atoms. The van der Waals surface area contributed by atoms with Crippen molar-refractivity contribution < 1.29 is 0 Å². The molecule has 2 aliphatic heterocycles. The van der Waals surface area contributed by atoms with E-state index in [9.17, 15) is 0 Å². The third kappa shape index (κ3) is 2.40. The van der Waals surface area contributed by atoms with E-state index in [-0.39, 0.29) is 0 Å². The van der Waals surface area contributed by atoms with Gasteiger partial charge in [0.15, 0.2) is 5.82 Å². The van der Waals surface area contributed by atoms with E-state index in [0.717, 1.165) is 42.0 Å². The van der Waals surface area contributed by atoms with Crippen molar-refractivity contribution in [3.8, 4) is 11.3 Å². The van der Waals surface area contributed by atoms with Gasteiger partial charge in [-0.2, -0.15) is 0 Å². The Kier molecular flexibility index (Phi) is 3.11. The van der Waals surface area contributed by atoms with Crippen molar-refractivity contribution in [3.63, 3.8) is 0 Å². The molecule has 1 aromatic heterocycles. The van der Waals surface area contributed by atoms with Crippen LogP contribution in [0.2, 0.25) is 0 Å². The molecule has 4 heteroatoms. The van der Waals surface area contributed by atoms with Crippen LogP contribution in [-0.4, -0.2) is 48.3 Å². The molecule has 2 atom stereocenters. The lowest BCUT2D eigenvalue weighted by Gasteiger charge is -2.19. The van der Waals surface area contributed by atoms with Crippen LogP contribution in [0.5, 0.6) is 0 Å². The number of fused-ring (bicyclic) bond motifs is 1. The zero-order valence-corrected chi connectivity index (χ0v) is 12.3. The van der Waals surface area contributed by atoms with Gasteiger partial charge in [-0.1, -0.05) is 30.3 Å². The predicted molar refractivity (Wildman–Crippen MR) is 84.2 cm³/mol. The fraction of sp³-hybridized carbons (Fsp3) is 0.412. The quantitative estimate of drug-likeness (QED) is 0.843. The second-order valence-electron chi connectivity index (χ2n) is 6.29. The van der Waals surface area contributed by atoms with Crippen molar-refractivity contribution >= 4 is 5.82 Å². The van der Waals surface area contributed by atoms with Gasteiger partial charge in [-0.15, -0.1) is 10.2 Å². The van der Waals surface area contributed by atoms with Crippen LogP contribution in [0.4, 0.5) is 5.82 Å². The maximum Gasteiger partial charge on any atom is 0.151 e. The Morgan fingerprint density at radius 3 is 2.19 bits per heavy atom. The molecule has 4 rings (SSSR count). The van der Waals surface area contributed by atoms with E-state index in [0.29, 0.717) is 0 Å². The predicted octanol–water partition coefficient (Wildman–Crippen LogP) is 2.14. The summed E-state index contributed by atoms with van der Waals surface area (Å²) in [5, 5.41) is 8.85. The highest BCUT2D eigenvalue weighted by Crippen LogP contribution is 2.32. The summed E-state index contributed by atoms with van der Waals surface area (Å²) in [6.07, 6.45) is 0. The average Bonchev–Trinajstić information content (AvgIpc) is 3.06. The van der Waals surface area contributed by atoms with Crippen LogP contribution in [0.1, 0.15) is 0 Å². The third-order valence-electron chi connectivity index (χ3n) is 4.71. The van der Waals surface area contributed by atoms with E-state index in [2.05, 4.69) is 51.3 Å². The standard InChI is InChI=1S/C17H20N4/c1-20-9-14-11-21(12-15(14)10-20)17-8-7-16(18-19-17)13-5-3-2-4-6-13/h2-8,14-15H,9-12H2,1H3/t14-,15+/i1-1. The van der Waals surface area contributed by atoms with Gasteiger partial charge in [0.1, 0.15) is 0 Å². The van der Waals surface area contributed by atoms with Gasteiger partial charge < -0.3 is 9.80 Å². The first-order valence-corrected chi connectivity index (χ1v) is 7.62. The average molecular weight is 279 g/mol. The lowest BCUT2D eigenvalue weighted by molar-refractivity contribution is 0.387. The summed E-state index contributed by atoms with van der Waals surface area (Å²) in [7, 11) is 2.22. The van der Waals surface area contributed by atoms with Crippen LogP contribution < -0.4 is 4.90 Å². The highest BCUT2D eigenvalue weighted by atomic mass is 15.3. The molecule has 2 fully saturated rings. The van der Waals surface area contributed by atoms with Gasteiger partial charge in [0.25, 0.3) is 0 Å². The van der Waals surface area contributed by atoms with E-state index in [1.165, 1.54) is 13.1 Å². The molecule has 0 aliphatic carbocycles. The molecular formula is C17H20N4. The van der Waals surface area contributed by atoms with Gasteiger partial charge in [0.2, 0.25) is 0 Å². The smallest absolute Gasteiger partial charge is 0.151 e. The maximum atomic E-state index is 4.45. The Balaban J connectivity index is 1.50. The number of aromatic nitrogens is 2. The molecule has 0 radical (unpaired) electrons. The molecule has 0 amide bonds. The summed E-state index contributed by atoms with van der Waals surface area (Å²) in [6, 6.07) is 14.4. The minimum atomic E-state index is 0.797. The normalized spacial score (nSPS) is 25.3. The van der Waals surface area contributed by atoms with Crippen molar-refractivity contribution in [2.75, 3.05) is 38.1 Å². The maximum absolute atomic E-state index is 4.45. The van der Waals surface area contributed by atoms with Gasteiger partial charge in [-0.25, -0.2) is 0 Å². The van der Waals surface area contributed by atoms with E-state index in [1.54, 1.807) is 0 Å². The second-order valence-corrected chi connectivity index (χ2v) is 6.29. The molecule has 0 unspecified atom stereocenters. The van der Waals surface area contributed by atoms with Gasteiger partial charge in [-0.3, -0.25) is 0 Å². The Labute approximate surface area is 125 Å². The van der Waals surface area contributed by atoms with Crippen molar-refractivity contribution in [2.24, 2.45) is 11.8 Å². The molecule has 0 saturated carbocycles. The van der Waals surface area contributed by atoms with Crippen LogP contribution >= 0.6 is 0 Å². The molecule has 3 heterocycles. The van der Waals surface area contributed by atoms with Crippen molar-refractivity contribution in [1.82, 2.24) is 15.1 Å². The van der Waals surface area contributed by atoms with Gasteiger partial charge in [0, 0.05) is 31.7 Å². The highest BCUT2D eigenvalue weighted by Gasteiger charge is 2.39. The SMILES string of the molecule is [11CH3]N1C[C@@H]2CN(c3ccc(-c4ccccc4)nn3)C[C@@H]2C1. The topological polar surface area (TPSA) is 32.3 Å². The largest absolute Gasteiger partial charge is 0.354 e. The zero-order chi connectivity index (χ0) is 14.2. The number of benzene rings is 1. The summed E-state index contributed by atoms with van der Waals surface area (Å²) in [5.41, 5.74) is 2.06. The van der Waals surface area contributed by atoms with Crippen LogP contribution in [-0.2, 0) is 0 Å². The number of hydrogen-bond acceptors (Lipinski definition) is 4. The highest BCUT2D eigenvalue weighted by molar-refractivity contribution is 5.59. The molecule has 2 aliphatic rings. The van der Waals surface area contributed by atoms with Crippen LogP contribution in [0.3, 0.4) is 0 Å². The number of nitrogens with zero attached hydrogens (tertiary/aromatic N) is 4. The van der Waals surface area contributed by atoms with E-state index in [1.807, 2.05) is 18.2 Å². The fourth-order valence-electron chi connectivity index (χ4n) is 3.67. The molecule has 21 heavy (non-hydrogen) atoms. The summed E-state index contributed by atoms with van der Waals surface area (Å²) in [6.45, 7) is 4.68. The van der Waals surface area contributed by atoms with Crippen molar-refractivity contribution in [3.05, 3.63) is 42.5 Å². The Morgan fingerprint density at radius 2 is 1.57 bits per heavy atom. The first kappa shape index (κ1) is 12.8. The molecule has 4 nitrogen and oxygen atoms in total. The monoisotopic (exact) mass is 279 g/mol.